The van der Waals surface area contributed by atoms with E-state index in [0.29, 0.717) is 0 Å². The fraction of sp³-hybridized carbons (Fsp3) is 0.200. The Morgan fingerprint density at radius 2 is 2.12 bits per heavy atom. The van der Waals surface area contributed by atoms with Crippen molar-refractivity contribution < 1.29 is 23.5 Å². The lowest BCUT2D eigenvalue weighted by molar-refractivity contribution is -0.121. The van der Waals surface area contributed by atoms with Gasteiger partial charge in [0.2, 0.25) is 0 Å². The largest absolute Gasteiger partial charge is 0.494 e. The number of hydrogen-bond donors (Lipinski definition) is 1. The number of benzene rings is 1. The number of halogens is 1. The monoisotopic (exact) mass is 227 g/mol. The molecule has 6 heteroatoms. The molecule has 2 N–H and O–H groups in total. The van der Waals surface area contributed by atoms with Crippen molar-refractivity contribution in [3.63, 3.8) is 0 Å². The van der Waals surface area contributed by atoms with E-state index >= 15 is 0 Å². The molecule has 0 aliphatic heterocycles. The zero-order valence-corrected chi connectivity index (χ0v) is 8.53. The first-order chi connectivity index (χ1) is 7.54. The summed E-state index contributed by atoms with van der Waals surface area (Å²) in [6.45, 7) is -0.535. The van der Waals surface area contributed by atoms with Gasteiger partial charge in [0, 0.05) is 0 Å². The molecule has 0 atom stereocenters. The van der Waals surface area contributed by atoms with Crippen molar-refractivity contribution in [2.45, 2.75) is 0 Å². The third-order valence-electron chi connectivity index (χ3n) is 1.73. The molecule has 0 radical (unpaired) electrons. The van der Waals surface area contributed by atoms with Crippen molar-refractivity contribution in [2.75, 3.05) is 13.7 Å². The van der Waals surface area contributed by atoms with Gasteiger partial charge in [-0.15, -0.1) is 0 Å². The lowest BCUT2D eigenvalue weighted by Crippen LogP contribution is -2.20. The first kappa shape index (κ1) is 12.0. The van der Waals surface area contributed by atoms with E-state index in [-0.39, 0.29) is 11.3 Å². The van der Waals surface area contributed by atoms with E-state index in [1.54, 1.807) is 0 Å². The quantitative estimate of drug-likeness (QED) is 0.758. The van der Waals surface area contributed by atoms with Gasteiger partial charge in [0.05, 0.1) is 12.7 Å². The highest BCUT2D eigenvalue weighted by molar-refractivity contribution is 5.91. The van der Waals surface area contributed by atoms with Gasteiger partial charge in [0.15, 0.2) is 18.2 Å². The van der Waals surface area contributed by atoms with E-state index in [1.165, 1.54) is 19.2 Å². The molecule has 0 bridgehead atoms. The molecule has 5 nitrogen and oxygen atoms in total. The zero-order chi connectivity index (χ0) is 12.1. The second-order valence-corrected chi connectivity index (χ2v) is 2.89. The predicted octanol–water partition coefficient (Wildman–Crippen LogP) is 0.476. The molecule has 1 amide bonds. The van der Waals surface area contributed by atoms with Gasteiger partial charge >= 0.3 is 5.97 Å². The second kappa shape index (κ2) is 5.11. The van der Waals surface area contributed by atoms with Gasteiger partial charge in [0.25, 0.3) is 5.91 Å². The van der Waals surface area contributed by atoms with Crippen LogP contribution in [0.15, 0.2) is 18.2 Å². The number of amides is 1. The Morgan fingerprint density at radius 1 is 1.44 bits per heavy atom. The van der Waals surface area contributed by atoms with Crippen molar-refractivity contribution in [1.29, 1.82) is 0 Å². The highest BCUT2D eigenvalue weighted by Crippen LogP contribution is 2.17. The molecule has 1 rings (SSSR count). The molecule has 0 saturated heterocycles. The van der Waals surface area contributed by atoms with E-state index in [4.69, 9.17) is 5.73 Å². The van der Waals surface area contributed by atoms with Crippen LogP contribution >= 0.6 is 0 Å². The minimum absolute atomic E-state index is 0.0143. The maximum absolute atomic E-state index is 13.2. The van der Waals surface area contributed by atoms with Crippen LogP contribution in [-0.2, 0) is 9.53 Å². The number of hydrogen-bond acceptors (Lipinski definition) is 4. The Labute approximate surface area is 90.9 Å². The number of ether oxygens (including phenoxy) is 2. The molecule has 0 fully saturated rings. The standard InChI is InChI=1S/C10H10FNO4/c1-15-8-3-2-6(4-7(8)11)10(14)16-5-9(12)13/h2-4H,5H2,1H3,(H2,12,13). The van der Waals surface area contributed by atoms with Gasteiger partial charge in [-0.25, -0.2) is 9.18 Å². The molecule has 86 valence electrons. The topological polar surface area (TPSA) is 78.6 Å². The van der Waals surface area contributed by atoms with Crippen LogP contribution in [0.1, 0.15) is 10.4 Å². The molecule has 1 aromatic rings. The molecule has 16 heavy (non-hydrogen) atoms. The van der Waals surface area contributed by atoms with E-state index in [0.717, 1.165) is 6.07 Å². The molecule has 0 aliphatic carbocycles. The predicted molar refractivity (Wildman–Crippen MR) is 52.4 cm³/mol. The molecular weight excluding hydrogens is 217 g/mol. The molecule has 0 heterocycles. The van der Waals surface area contributed by atoms with Gasteiger partial charge in [0.1, 0.15) is 0 Å². The number of carbonyl (C=O) groups excluding carboxylic acids is 2. The van der Waals surface area contributed by atoms with E-state index in [2.05, 4.69) is 9.47 Å². The number of primary amides is 1. The smallest absolute Gasteiger partial charge is 0.338 e. The highest BCUT2D eigenvalue weighted by Gasteiger charge is 2.11. The number of rotatable bonds is 4. The van der Waals surface area contributed by atoms with Crippen molar-refractivity contribution in [2.24, 2.45) is 5.73 Å². The lowest BCUT2D eigenvalue weighted by atomic mass is 10.2. The summed E-state index contributed by atoms with van der Waals surface area (Å²) < 4.78 is 22.4. The maximum Gasteiger partial charge on any atom is 0.338 e. The van der Waals surface area contributed by atoms with Crippen LogP contribution in [0.3, 0.4) is 0 Å². The maximum atomic E-state index is 13.2. The van der Waals surface area contributed by atoms with Crippen LogP contribution in [0, 0.1) is 5.82 Å². The first-order valence-corrected chi connectivity index (χ1v) is 4.33. The molecule has 0 unspecified atom stereocenters. The Bertz CT molecular complexity index is 419. The second-order valence-electron chi connectivity index (χ2n) is 2.89. The highest BCUT2D eigenvalue weighted by atomic mass is 19.1. The first-order valence-electron chi connectivity index (χ1n) is 4.33. The fourth-order valence-electron chi connectivity index (χ4n) is 1.01. The Hall–Kier alpha value is -2.11. The van der Waals surface area contributed by atoms with Crippen LogP contribution in [0.2, 0.25) is 0 Å². The summed E-state index contributed by atoms with van der Waals surface area (Å²) in [5.74, 6) is -2.26. The number of carbonyl (C=O) groups is 2. The number of methoxy groups -OCH3 is 1. The minimum atomic E-state index is -0.819. The summed E-state index contributed by atoms with van der Waals surface area (Å²) >= 11 is 0. The zero-order valence-electron chi connectivity index (χ0n) is 8.53. The van der Waals surface area contributed by atoms with Gasteiger partial charge in [-0.2, -0.15) is 0 Å². The Morgan fingerprint density at radius 3 is 2.62 bits per heavy atom. The van der Waals surface area contributed by atoms with E-state index in [1.807, 2.05) is 0 Å². The fourth-order valence-corrected chi connectivity index (χ4v) is 1.01. The Balaban J connectivity index is 2.77. The summed E-state index contributed by atoms with van der Waals surface area (Å²) in [5.41, 5.74) is 4.77. The van der Waals surface area contributed by atoms with E-state index in [9.17, 15) is 14.0 Å². The summed E-state index contributed by atoms with van der Waals surface area (Å²) in [4.78, 5) is 21.6. The van der Waals surface area contributed by atoms with Crippen molar-refractivity contribution in [3.05, 3.63) is 29.6 Å². The normalized spacial score (nSPS) is 9.62. The van der Waals surface area contributed by atoms with Crippen LogP contribution < -0.4 is 10.5 Å². The van der Waals surface area contributed by atoms with Crippen molar-refractivity contribution in [3.8, 4) is 5.75 Å². The van der Waals surface area contributed by atoms with Crippen molar-refractivity contribution in [1.82, 2.24) is 0 Å². The number of esters is 1. The van der Waals surface area contributed by atoms with Gasteiger partial charge in [-0.3, -0.25) is 4.79 Å². The molecule has 0 aliphatic rings. The van der Waals surface area contributed by atoms with Gasteiger partial charge in [-0.1, -0.05) is 0 Å². The van der Waals surface area contributed by atoms with E-state index < -0.39 is 24.3 Å². The van der Waals surface area contributed by atoms with Crippen LogP contribution in [-0.4, -0.2) is 25.6 Å². The summed E-state index contributed by atoms with van der Waals surface area (Å²) in [6.07, 6.45) is 0. The molecule has 0 spiro atoms. The van der Waals surface area contributed by atoms with Crippen molar-refractivity contribution >= 4 is 11.9 Å². The summed E-state index contributed by atoms with van der Waals surface area (Å²) in [7, 11) is 1.31. The lowest BCUT2D eigenvalue weighted by Gasteiger charge is -2.04. The summed E-state index contributed by atoms with van der Waals surface area (Å²) in [6, 6.07) is 3.57. The third kappa shape index (κ3) is 2.94. The van der Waals surface area contributed by atoms with Crippen LogP contribution in [0.4, 0.5) is 4.39 Å². The molecule has 0 aromatic heterocycles. The van der Waals surface area contributed by atoms with Crippen LogP contribution in [0.5, 0.6) is 5.75 Å². The minimum Gasteiger partial charge on any atom is -0.494 e. The molecule has 0 saturated carbocycles. The average Bonchev–Trinajstić information content (AvgIpc) is 2.25. The SMILES string of the molecule is COc1ccc(C(=O)OCC(N)=O)cc1F. The van der Waals surface area contributed by atoms with Gasteiger partial charge in [-0.05, 0) is 18.2 Å². The summed E-state index contributed by atoms with van der Waals surface area (Å²) in [5, 5.41) is 0. The third-order valence-corrected chi connectivity index (χ3v) is 1.73. The molecular formula is C10H10FNO4. The van der Waals surface area contributed by atoms with Gasteiger partial charge < -0.3 is 15.2 Å². The van der Waals surface area contributed by atoms with Crippen LogP contribution in [0.25, 0.3) is 0 Å². The average molecular weight is 227 g/mol. The number of nitrogens with two attached hydrogens (primary N) is 1. The Kier molecular flexibility index (Phi) is 3.82. The molecule has 1 aromatic carbocycles.